The quantitative estimate of drug-likeness (QED) is 0.821. The Kier molecular flexibility index (Phi) is 3.93. The highest BCUT2D eigenvalue weighted by Crippen LogP contribution is 2.30. The summed E-state index contributed by atoms with van der Waals surface area (Å²) in [5, 5.41) is 9.21. The smallest absolute Gasteiger partial charge is 0.352 e. The lowest BCUT2D eigenvalue weighted by Crippen LogP contribution is -2.12. The van der Waals surface area contributed by atoms with Crippen molar-refractivity contribution in [1.82, 2.24) is 4.57 Å². The van der Waals surface area contributed by atoms with Crippen LogP contribution in [0.1, 0.15) is 30.4 Å². The van der Waals surface area contributed by atoms with Crippen LogP contribution in [0.2, 0.25) is 0 Å². The normalized spacial score (nSPS) is 11.0. The molecular formula is C14H13FINO2. The van der Waals surface area contributed by atoms with Crippen molar-refractivity contribution in [3.63, 3.8) is 0 Å². The van der Waals surface area contributed by atoms with Crippen LogP contribution >= 0.6 is 22.6 Å². The largest absolute Gasteiger partial charge is 0.477 e. The Labute approximate surface area is 124 Å². The third-order valence-electron chi connectivity index (χ3n) is 2.86. The molecule has 2 aromatic rings. The van der Waals surface area contributed by atoms with Gasteiger partial charge in [0.25, 0.3) is 0 Å². The standard InChI is InChI=1S/C14H13FINO2/c1-8(2)17-12(5-6-13(17)14(18)19)10-4-3-9(15)7-11(10)16/h3-8H,1-2H3,(H,18,19). The van der Waals surface area contributed by atoms with E-state index < -0.39 is 5.97 Å². The fourth-order valence-electron chi connectivity index (χ4n) is 2.10. The monoisotopic (exact) mass is 373 g/mol. The minimum atomic E-state index is -0.961. The molecule has 19 heavy (non-hydrogen) atoms. The topological polar surface area (TPSA) is 42.2 Å². The summed E-state index contributed by atoms with van der Waals surface area (Å²) in [4.78, 5) is 11.2. The molecule has 2 rings (SSSR count). The van der Waals surface area contributed by atoms with Crippen molar-refractivity contribution in [3.8, 4) is 11.3 Å². The van der Waals surface area contributed by atoms with E-state index in [9.17, 15) is 14.3 Å². The van der Waals surface area contributed by atoms with Gasteiger partial charge in [0.1, 0.15) is 11.5 Å². The van der Waals surface area contributed by atoms with Crippen molar-refractivity contribution in [1.29, 1.82) is 0 Å². The molecule has 1 heterocycles. The van der Waals surface area contributed by atoms with Gasteiger partial charge in [0.15, 0.2) is 0 Å². The molecule has 0 saturated carbocycles. The van der Waals surface area contributed by atoms with Crippen molar-refractivity contribution in [2.45, 2.75) is 19.9 Å². The first-order valence-corrected chi connectivity index (χ1v) is 6.89. The van der Waals surface area contributed by atoms with Crippen molar-refractivity contribution in [2.24, 2.45) is 0 Å². The molecule has 0 aliphatic heterocycles. The predicted molar refractivity (Wildman–Crippen MR) is 79.9 cm³/mol. The first-order valence-electron chi connectivity index (χ1n) is 5.81. The summed E-state index contributed by atoms with van der Waals surface area (Å²) < 4.78 is 15.7. The number of hydrogen-bond donors (Lipinski definition) is 1. The summed E-state index contributed by atoms with van der Waals surface area (Å²) in [6, 6.07) is 7.85. The lowest BCUT2D eigenvalue weighted by atomic mass is 10.1. The minimum Gasteiger partial charge on any atom is -0.477 e. The Balaban J connectivity index is 2.65. The second kappa shape index (κ2) is 5.32. The highest BCUT2D eigenvalue weighted by Gasteiger charge is 2.18. The molecule has 5 heteroatoms. The Morgan fingerprint density at radius 3 is 2.53 bits per heavy atom. The molecule has 0 aliphatic carbocycles. The van der Waals surface area contributed by atoms with E-state index in [2.05, 4.69) is 22.6 Å². The zero-order valence-electron chi connectivity index (χ0n) is 10.5. The first-order chi connectivity index (χ1) is 8.91. The van der Waals surface area contributed by atoms with Gasteiger partial charge < -0.3 is 9.67 Å². The van der Waals surface area contributed by atoms with Crippen LogP contribution in [0, 0.1) is 9.39 Å². The summed E-state index contributed by atoms with van der Waals surface area (Å²) in [5.41, 5.74) is 1.87. The zero-order valence-corrected chi connectivity index (χ0v) is 12.7. The number of rotatable bonds is 3. The maximum absolute atomic E-state index is 13.2. The average molecular weight is 373 g/mol. The van der Waals surface area contributed by atoms with E-state index in [-0.39, 0.29) is 17.6 Å². The Morgan fingerprint density at radius 1 is 1.32 bits per heavy atom. The van der Waals surface area contributed by atoms with E-state index in [0.717, 1.165) is 14.8 Å². The van der Waals surface area contributed by atoms with Gasteiger partial charge in [-0.15, -0.1) is 0 Å². The van der Waals surface area contributed by atoms with E-state index in [0.29, 0.717) is 0 Å². The van der Waals surface area contributed by atoms with Crippen LogP contribution in [-0.2, 0) is 0 Å². The van der Waals surface area contributed by atoms with Crippen LogP contribution in [0.25, 0.3) is 11.3 Å². The van der Waals surface area contributed by atoms with Gasteiger partial charge in [0, 0.05) is 20.9 Å². The van der Waals surface area contributed by atoms with Crippen LogP contribution in [0.5, 0.6) is 0 Å². The van der Waals surface area contributed by atoms with Gasteiger partial charge >= 0.3 is 5.97 Å². The molecule has 0 fully saturated rings. The van der Waals surface area contributed by atoms with Gasteiger partial charge in [-0.1, -0.05) is 0 Å². The average Bonchev–Trinajstić information content (AvgIpc) is 2.73. The van der Waals surface area contributed by atoms with E-state index in [1.54, 1.807) is 22.8 Å². The van der Waals surface area contributed by atoms with Crippen LogP contribution < -0.4 is 0 Å². The highest BCUT2D eigenvalue weighted by atomic mass is 127. The van der Waals surface area contributed by atoms with Crippen LogP contribution in [-0.4, -0.2) is 15.6 Å². The van der Waals surface area contributed by atoms with Gasteiger partial charge in [-0.25, -0.2) is 9.18 Å². The van der Waals surface area contributed by atoms with Gasteiger partial charge in [0.2, 0.25) is 0 Å². The van der Waals surface area contributed by atoms with Crippen LogP contribution in [0.3, 0.4) is 0 Å². The van der Waals surface area contributed by atoms with Gasteiger partial charge in [-0.05, 0) is 66.8 Å². The highest BCUT2D eigenvalue weighted by molar-refractivity contribution is 14.1. The lowest BCUT2D eigenvalue weighted by Gasteiger charge is -2.16. The number of aromatic nitrogens is 1. The lowest BCUT2D eigenvalue weighted by molar-refractivity contribution is 0.0683. The molecule has 0 radical (unpaired) electrons. The molecule has 0 saturated heterocycles. The second-order valence-electron chi connectivity index (χ2n) is 4.50. The van der Waals surface area contributed by atoms with Gasteiger partial charge in [0.05, 0.1) is 0 Å². The molecule has 0 spiro atoms. The van der Waals surface area contributed by atoms with Gasteiger partial charge in [-0.3, -0.25) is 0 Å². The van der Waals surface area contributed by atoms with Crippen molar-refractivity contribution >= 4 is 28.6 Å². The maximum Gasteiger partial charge on any atom is 0.352 e. The summed E-state index contributed by atoms with van der Waals surface area (Å²) in [7, 11) is 0. The Hall–Kier alpha value is -1.37. The minimum absolute atomic E-state index is 0.0111. The molecule has 100 valence electrons. The van der Waals surface area contributed by atoms with Crippen LogP contribution in [0.15, 0.2) is 30.3 Å². The van der Waals surface area contributed by atoms with Crippen LogP contribution in [0.4, 0.5) is 4.39 Å². The maximum atomic E-state index is 13.2. The molecule has 0 bridgehead atoms. The number of aromatic carboxylic acids is 1. The van der Waals surface area contributed by atoms with E-state index in [4.69, 9.17) is 0 Å². The fourth-order valence-corrected chi connectivity index (χ4v) is 2.85. The van der Waals surface area contributed by atoms with E-state index >= 15 is 0 Å². The molecule has 1 N–H and O–H groups in total. The molecule has 1 aromatic heterocycles. The number of halogens is 2. The van der Waals surface area contributed by atoms with Crippen molar-refractivity contribution in [3.05, 3.63) is 45.4 Å². The number of carbonyl (C=O) groups is 1. The van der Waals surface area contributed by atoms with E-state index in [1.165, 1.54) is 12.1 Å². The molecular weight excluding hydrogens is 360 g/mol. The number of benzene rings is 1. The first kappa shape index (κ1) is 14.0. The molecule has 0 amide bonds. The predicted octanol–water partition coefficient (Wildman–Crippen LogP) is 4.18. The number of nitrogens with zero attached hydrogens (tertiary/aromatic N) is 1. The molecule has 0 unspecified atom stereocenters. The SMILES string of the molecule is CC(C)n1c(C(=O)O)ccc1-c1ccc(F)cc1I. The molecule has 0 atom stereocenters. The Bertz CT molecular complexity index is 634. The summed E-state index contributed by atoms with van der Waals surface area (Å²) in [5.74, 6) is -1.26. The number of hydrogen-bond acceptors (Lipinski definition) is 1. The Morgan fingerprint density at radius 2 is 2.00 bits per heavy atom. The molecule has 3 nitrogen and oxygen atoms in total. The third kappa shape index (κ3) is 2.65. The summed E-state index contributed by atoms with van der Waals surface area (Å²) in [6.07, 6.45) is 0. The summed E-state index contributed by atoms with van der Waals surface area (Å²) >= 11 is 2.06. The van der Waals surface area contributed by atoms with Crippen molar-refractivity contribution in [2.75, 3.05) is 0 Å². The van der Waals surface area contributed by atoms with Gasteiger partial charge in [-0.2, -0.15) is 0 Å². The third-order valence-corrected chi connectivity index (χ3v) is 3.75. The van der Waals surface area contributed by atoms with E-state index in [1.807, 2.05) is 13.8 Å². The summed E-state index contributed by atoms with van der Waals surface area (Å²) in [6.45, 7) is 3.85. The van der Waals surface area contributed by atoms with Crippen molar-refractivity contribution < 1.29 is 14.3 Å². The number of carboxylic acid groups (broad SMARTS) is 1. The fraction of sp³-hybridized carbons (Fsp3) is 0.214. The molecule has 1 aromatic carbocycles. The molecule has 0 aliphatic rings. The zero-order chi connectivity index (χ0) is 14.2. The number of carboxylic acids is 1. The second-order valence-corrected chi connectivity index (χ2v) is 5.66.